The number of aliphatic hydroxyl groups excluding tert-OH is 1. The van der Waals surface area contributed by atoms with E-state index >= 15 is 0 Å². The van der Waals surface area contributed by atoms with Gasteiger partial charge in [0, 0.05) is 17.4 Å². The molecule has 1 aromatic carbocycles. The number of hydrogen-bond donors (Lipinski definition) is 1. The molecule has 0 aliphatic carbocycles. The number of hydrogen-bond acceptors (Lipinski definition) is 6. The molecule has 3 saturated heterocycles. The number of unbranched alkanes of at least 4 members (excludes halogenated alkanes) is 1. The van der Waals surface area contributed by atoms with Crippen LogP contribution in [0.25, 0.3) is 0 Å². The second-order valence-electron chi connectivity index (χ2n) is 11.0. The summed E-state index contributed by atoms with van der Waals surface area (Å²) in [5.41, 5.74) is -0.524. The predicted octanol–water partition coefficient (Wildman–Crippen LogP) is 4.18. The van der Waals surface area contributed by atoms with Crippen LogP contribution in [0.4, 0.5) is 0 Å². The first-order valence-corrected chi connectivity index (χ1v) is 15.2. The van der Waals surface area contributed by atoms with Crippen molar-refractivity contribution in [1.29, 1.82) is 0 Å². The highest BCUT2D eigenvalue weighted by molar-refractivity contribution is 9.09. The molecule has 3 heterocycles. The van der Waals surface area contributed by atoms with E-state index < -0.39 is 41.6 Å². The van der Waals surface area contributed by atoms with Crippen molar-refractivity contribution in [1.82, 2.24) is 9.80 Å². The van der Waals surface area contributed by atoms with E-state index in [9.17, 15) is 19.5 Å². The molecule has 8 atom stereocenters. The van der Waals surface area contributed by atoms with Crippen molar-refractivity contribution >= 4 is 33.7 Å². The molecule has 8 nitrogen and oxygen atoms in total. The molecule has 1 spiro atoms. The number of ether oxygens (including phenoxy) is 2. The Morgan fingerprint density at radius 2 is 2.02 bits per heavy atom. The van der Waals surface area contributed by atoms with Crippen LogP contribution in [-0.4, -0.2) is 81.1 Å². The van der Waals surface area contributed by atoms with E-state index in [1.54, 1.807) is 17.1 Å². The van der Waals surface area contributed by atoms with Gasteiger partial charge in [-0.05, 0) is 38.2 Å². The van der Waals surface area contributed by atoms with Gasteiger partial charge in [0.15, 0.2) is 0 Å². The minimum Gasteiger partial charge on any atom is -0.465 e. The molecular weight excluding hydrogens is 576 g/mol. The van der Waals surface area contributed by atoms with Gasteiger partial charge in [0.25, 0.3) is 0 Å². The third kappa shape index (κ3) is 5.28. The summed E-state index contributed by atoms with van der Waals surface area (Å²) in [6.45, 7) is 11.8. The number of amides is 2. The van der Waals surface area contributed by atoms with Crippen molar-refractivity contribution in [3.63, 3.8) is 0 Å². The number of likely N-dealkylation sites (tertiary alicyclic amines) is 1. The van der Waals surface area contributed by atoms with E-state index in [1.807, 2.05) is 37.3 Å². The molecule has 0 radical (unpaired) electrons. The van der Waals surface area contributed by atoms with E-state index in [-0.39, 0.29) is 35.9 Å². The summed E-state index contributed by atoms with van der Waals surface area (Å²) < 4.78 is 12.2. The molecule has 40 heavy (non-hydrogen) atoms. The maximum Gasteiger partial charge on any atom is 0.312 e. The lowest BCUT2D eigenvalue weighted by Crippen LogP contribution is -2.58. The summed E-state index contributed by atoms with van der Waals surface area (Å²) in [6.07, 6.45) is 6.25. The molecule has 2 bridgehead atoms. The molecule has 1 N–H and O–H groups in total. The molecule has 3 aliphatic rings. The molecule has 218 valence electrons. The number of esters is 1. The molecule has 3 aliphatic heterocycles. The van der Waals surface area contributed by atoms with Gasteiger partial charge in [-0.15, -0.1) is 13.2 Å². The van der Waals surface area contributed by atoms with Gasteiger partial charge in [-0.2, -0.15) is 0 Å². The number of aliphatic hydroxyl groups is 1. The molecule has 2 amide bonds. The highest BCUT2D eigenvalue weighted by Gasteiger charge is 2.77. The Kier molecular flexibility index (Phi) is 9.90. The van der Waals surface area contributed by atoms with E-state index in [0.29, 0.717) is 31.4 Å². The number of rotatable bonds is 14. The van der Waals surface area contributed by atoms with Crippen molar-refractivity contribution < 1.29 is 29.0 Å². The van der Waals surface area contributed by atoms with Crippen LogP contribution in [0.1, 0.15) is 57.6 Å². The molecule has 0 saturated carbocycles. The Balaban J connectivity index is 1.80. The smallest absolute Gasteiger partial charge is 0.312 e. The summed E-state index contributed by atoms with van der Waals surface area (Å²) >= 11 is 3.70. The zero-order chi connectivity index (χ0) is 29.0. The Morgan fingerprint density at radius 1 is 1.30 bits per heavy atom. The number of nitrogens with zero attached hydrogens (tertiary/aromatic N) is 2. The fraction of sp³-hybridized carbons (Fsp3) is 0.581. The van der Waals surface area contributed by atoms with Crippen LogP contribution in [0.15, 0.2) is 55.6 Å². The molecule has 1 aromatic rings. The number of halogens is 1. The number of carbonyl (C=O) groups excluding carboxylic acids is 3. The van der Waals surface area contributed by atoms with Crippen LogP contribution in [0.3, 0.4) is 0 Å². The minimum absolute atomic E-state index is 0.101. The monoisotopic (exact) mass is 616 g/mol. The first-order chi connectivity index (χ1) is 19.3. The van der Waals surface area contributed by atoms with Crippen LogP contribution in [-0.2, 0) is 23.9 Å². The lowest BCUT2D eigenvalue weighted by molar-refractivity contribution is -0.157. The SMILES string of the molecule is C=CCCCOC(=O)[C@H]1[C@H]2C(=O)N([C@H](CO)c3ccccc3)C(C(=O)N(CC=C)C(C)CCC)C23CC(Br)[C@@H]1O3. The van der Waals surface area contributed by atoms with E-state index in [2.05, 4.69) is 36.0 Å². The van der Waals surface area contributed by atoms with E-state index in [4.69, 9.17) is 9.47 Å². The van der Waals surface area contributed by atoms with Gasteiger partial charge in [0.1, 0.15) is 11.6 Å². The second-order valence-corrected chi connectivity index (χ2v) is 12.2. The van der Waals surface area contributed by atoms with Gasteiger partial charge in [-0.3, -0.25) is 14.4 Å². The number of fused-ring (bicyclic) bond motifs is 1. The normalized spacial score (nSPS) is 30.1. The largest absolute Gasteiger partial charge is 0.465 e. The van der Waals surface area contributed by atoms with Gasteiger partial charge in [0.05, 0.1) is 37.2 Å². The number of allylic oxidation sites excluding steroid dienone is 1. The van der Waals surface area contributed by atoms with Crippen LogP contribution in [0, 0.1) is 11.8 Å². The molecule has 0 aromatic heterocycles. The fourth-order valence-corrected chi connectivity index (χ4v) is 7.78. The summed E-state index contributed by atoms with van der Waals surface area (Å²) in [7, 11) is 0. The Hall–Kier alpha value is -2.49. The van der Waals surface area contributed by atoms with Gasteiger partial charge >= 0.3 is 5.97 Å². The predicted molar refractivity (Wildman–Crippen MR) is 155 cm³/mol. The van der Waals surface area contributed by atoms with Crippen molar-refractivity contribution in [3.8, 4) is 0 Å². The zero-order valence-electron chi connectivity index (χ0n) is 23.4. The van der Waals surface area contributed by atoms with Crippen molar-refractivity contribution in [3.05, 3.63) is 61.2 Å². The number of benzene rings is 1. The first-order valence-electron chi connectivity index (χ1n) is 14.3. The molecule has 3 fully saturated rings. The maximum atomic E-state index is 14.6. The third-order valence-corrected chi connectivity index (χ3v) is 9.42. The average Bonchev–Trinajstić information content (AvgIpc) is 3.54. The quantitative estimate of drug-likeness (QED) is 0.146. The molecule has 9 heteroatoms. The highest BCUT2D eigenvalue weighted by Crippen LogP contribution is 2.61. The zero-order valence-corrected chi connectivity index (χ0v) is 25.0. The third-order valence-electron chi connectivity index (χ3n) is 8.57. The van der Waals surface area contributed by atoms with E-state index in [0.717, 1.165) is 12.8 Å². The number of alkyl halides is 1. The van der Waals surface area contributed by atoms with Crippen molar-refractivity contribution in [2.24, 2.45) is 11.8 Å². The summed E-state index contributed by atoms with van der Waals surface area (Å²) in [5, 5.41) is 10.6. The first kappa shape index (κ1) is 30.5. The standard InChI is InChI=1S/C31H41BrN2O6/c1-5-8-12-17-39-30(38)24-25-28(36)34(23(19-35)21-14-10-9-11-15-21)27(31(25)18-22(32)26(24)40-31)29(37)33(16-7-3)20(4)13-6-2/h5,7,9-11,14-15,20,22-27,35H,1,3,6,8,12-13,16-19H2,2,4H3/t20?,22?,23-,24+,25+,26+,27?,31?/m1/s1. The van der Waals surface area contributed by atoms with Crippen LogP contribution >= 0.6 is 15.9 Å². The van der Waals surface area contributed by atoms with Crippen molar-refractivity contribution in [2.45, 2.75) is 80.6 Å². The average molecular weight is 618 g/mol. The van der Waals surface area contributed by atoms with Crippen molar-refractivity contribution in [2.75, 3.05) is 19.8 Å². The highest BCUT2D eigenvalue weighted by atomic mass is 79.9. The van der Waals surface area contributed by atoms with Crippen LogP contribution in [0.2, 0.25) is 0 Å². The topological polar surface area (TPSA) is 96.4 Å². The summed E-state index contributed by atoms with van der Waals surface area (Å²) in [5.74, 6) is -2.86. The van der Waals surface area contributed by atoms with Crippen LogP contribution < -0.4 is 0 Å². The Labute approximate surface area is 245 Å². The van der Waals surface area contributed by atoms with Gasteiger partial charge in [-0.1, -0.05) is 71.8 Å². The Bertz CT molecular complexity index is 1100. The summed E-state index contributed by atoms with van der Waals surface area (Å²) in [6, 6.07) is 7.29. The van der Waals surface area contributed by atoms with Crippen LogP contribution in [0.5, 0.6) is 0 Å². The molecule has 4 rings (SSSR count). The molecular formula is C31H41BrN2O6. The molecule has 4 unspecified atom stereocenters. The fourth-order valence-electron chi connectivity index (χ4n) is 6.83. The number of carbonyl (C=O) groups is 3. The van der Waals surface area contributed by atoms with Gasteiger partial charge < -0.3 is 24.4 Å². The maximum absolute atomic E-state index is 14.6. The van der Waals surface area contributed by atoms with E-state index in [1.165, 1.54) is 4.90 Å². The Morgan fingerprint density at radius 3 is 2.65 bits per heavy atom. The lowest BCUT2D eigenvalue weighted by Gasteiger charge is -2.41. The summed E-state index contributed by atoms with van der Waals surface area (Å²) in [4.78, 5) is 45.5. The van der Waals surface area contributed by atoms with Gasteiger partial charge in [0.2, 0.25) is 11.8 Å². The lowest BCUT2D eigenvalue weighted by atomic mass is 9.70. The van der Waals surface area contributed by atoms with Gasteiger partial charge in [-0.25, -0.2) is 0 Å². The second kappa shape index (κ2) is 13.0. The minimum atomic E-state index is -1.23.